The number of aromatic hydroxyl groups is 1. The predicted molar refractivity (Wildman–Crippen MR) is 100 cm³/mol. The van der Waals surface area contributed by atoms with E-state index in [1.165, 1.54) is 0 Å². The Hall–Kier alpha value is -3.54. The van der Waals surface area contributed by atoms with E-state index in [0.29, 0.717) is 22.4 Å². The van der Waals surface area contributed by atoms with E-state index < -0.39 is 5.91 Å². The maximum Gasteiger partial charge on any atom is 0.253 e. The minimum absolute atomic E-state index is 0.170. The highest BCUT2D eigenvalue weighted by Crippen LogP contribution is 2.33. The summed E-state index contributed by atoms with van der Waals surface area (Å²) in [5.41, 5.74) is 9.56. The van der Waals surface area contributed by atoms with E-state index in [4.69, 9.17) is 5.73 Å². The molecule has 0 aliphatic carbocycles. The predicted octanol–water partition coefficient (Wildman–Crippen LogP) is 3.24. The summed E-state index contributed by atoms with van der Waals surface area (Å²) in [4.78, 5) is 16.9. The third kappa shape index (κ3) is 2.27. The highest BCUT2D eigenvalue weighted by molar-refractivity contribution is 6.09. The third-order valence-corrected chi connectivity index (χ3v) is 4.54. The fraction of sp³-hybridized carbons (Fsp3) is 0.100. The molecule has 4 rings (SSSR count). The van der Waals surface area contributed by atoms with Crippen molar-refractivity contribution in [3.63, 3.8) is 0 Å². The fourth-order valence-electron chi connectivity index (χ4n) is 3.41. The van der Waals surface area contributed by atoms with Crippen molar-refractivity contribution in [1.29, 1.82) is 0 Å². The molecule has 4 aromatic rings. The minimum Gasteiger partial charge on any atom is -0.508 e. The van der Waals surface area contributed by atoms with Gasteiger partial charge in [-0.3, -0.25) is 9.36 Å². The fourth-order valence-corrected chi connectivity index (χ4v) is 3.41. The summed E-state index contributed by atoms with van der Waals surface area (Å²) >= 11 is 0. The van der Waals surface area contributed by atoms with Crippen molar-refractivity contribution < 1.29 is 9.90 Å². The van der Waals surface area contributed by atoms with Crippen LogP contribution in [-0.4, -0.2) is 25.1 Å². The van der Waals surface area contributed by atoms with Gasteiger partial charge in [-0.1, -0.05) is 0 Å². The second-order valence-electron chi connectivity index (χ2n) is 6.24. The monoisotopic (exact) mass is 346 g/mol. The lowest BCUT2D eigenvalue weighted by molar-refractivity contribution is 0.100. The van der Waals surface area contributed by atoms with Crippen molar-refractivity contribution in [1.82, 2.24) is 14.1 Å². The number of rotatable bonds is 3. The number of primary amides is 1. The van der Waals surface area contributed by atoms with Crippen molar-refractivity contribution in [3.8, 4) is 17.3 Å². The number of phenols is 1. The Morgan fingerprint density at radius 2 is 1.65 bits per heavy atom. The van der Waals surface area contributed by atoms with Gasteiger partial charge >= 0.3 is 0 Å². The van der Waals surface area contributed by atoms with Crippen LogP contribution in [-0.2, 0) is 0 Å². The van der Waals surface area contributed by atoms with E-state index in [1.54, 1.807) is 36.5 Å². The number of pyridine rings is 1. The minimum atomic E-state index is -0.511. The summed E-state index contributed by atoms with van der Waals surface area (Å²) in [6.45, 7) is 3.95. The number of benzene rings is 1. The largest absolute Gasteiger partial charge is 0.508 e. The Morgan fingerprint density at radius 1 is 1.00 bits per heavy atom. The molecule has 0 unspecified atom stereocenters. The summed E-state index contributed by atoms with van der Waals surface area (Å²) in [7, 11) is 0. The maximum absolute atomic E-state index is 12.4. The van der Waals surface area contributed by atoms with Gasteiger partial charge < -0.3 is 15.4 Å². The summed E-state index contributed by atoms with van der Waals surface area (Å²) in [5.74, 6) is 0.308. The molecule has 0 aliphatic heterocycles. The van der Waals surface area contributed by atoms with E-state index in [2.05, 4.69) is 4.98 Å². The number of nitrogens with zero attached hydrogens (tertiary/aromatic N) is 3. The number of nitrogens with two attached hydrogens (primary N) is 1. The van der Waals surface area contributed by atoms with Crippen LogP contribution < -0.4 is 5.73 Å². The van der Waals surface area contributed by atoms with Crippen LogP contribution in [0.5, 0.6) is 5.75 Å². The molecule has 0 radical (unpaired) electrons. The molecule has 3 N–H and O–H groups in total. The number of phenolic OH excluding ortho intramolecular Hbond substituents is 1. The summed E-state index contributed by atoms with van der Waals surface area (Å²) in [6, 6.07) is 14.4. The van der Waals surface area contributed by atoms with Crippen molar-refractivity contribution in [2.75, 3.05) is 0 Å². The van der Waals surface area contributed by atoms with Crippen LogP contribution >= 0.6 is 0 Å². The molecule has 0 spiro atoms. The van der Waals surface area contributed by atoms with Gasteiger partial charge in [-0.25, -0.2) is 4.98 Å². The van der Waals surface area contributed by atoms with E-state index in [9.17, 15) is 9.90 Å². The van der Waals surface area contributed by atoms with Crippen LogP contribution in [0.25, 0.3) is 22.5 Å². The molecular formula is C20H18N4O2. The van der Waals surface area contributed by atoms with E-state index in [-0.39, 0.29) is 5.75 Å². The molecule has 130 valence electrons. The molecule has 6 heteroatoms. The second-order valence-corrected chi connectivity index (χ2v) is 6.24. The van der Waals surface area contributed by atoms with Gasteiger partial charge in [0.2, 0.25) is 0 Å². The molecule has 0 atom stereocenters. The van der Waals surface area contributed by atoms with Gasteiger partial charge in [0.25, 0.3) is 5.91 Å². The Balaban J connectivity index is 2.21. The van der Waals surface area contributed by atoms with Crippen molar-refractivity contribution in [2.45, 2.75) is 13.8 Å². The van der Waals surface area contributed by atoms with Crippen LogP contribution in [0.2, 0.25) is 0 Å². The quantitative estimate of drug-likeness (QED) is 0.597. The lowest BCUT2D eigenvalue weighted by atomic mass is 10.2. The number of carbonyl (C=O) groups excluding carboxylic acids is 1. The average molecular weight is 346 g/mol. The lowest BCUT2D eigenvalue weighted by Gasteiger charge is -2.16. The van der Waals surface area contributed by atoms with E-state index in [0.717, 1.165) is 17.1 Å². The number of aromatic nitrogens is 3. The number of aryl methyl sites for hydroxylation is 2. The van der Waals surface area contributed by atoms with Crippen LogP contribution in [0.3, 0.4) is 0 Å². The number of hydrogen-bond acceptors (Lipinski definition) is 3. The zero-order valence-corrected chi connectivity index (χ0v) is 14.5. The molecule has 0 aliphatic rings. The molecular weight excluding hydrogens is 328 g/mol. The summed E-state index contributed by atoms with van der Waals surface area (Å²) in [5, 5.41) is 10.3. The van der Waals surface area contributed by atoms with Crippen molar-refractivity contribution >= 4 is 16.9 Å². The van der Waals surface area contributed by atoms with Gasteiger partial charge in [-0.05, 0) is 62.4 Å². The van der Waals surface area contributed by atoms with E-state index in [1.807, 2.05) is 41.2 Å². The first-order valence-corrected chi connectivity index (χ1v) is 8.23. The van der Waals surface area contributed by atoms with Crippen LogP contribution in [0, 0.1) is 13.8 Å². The molecule has 1 amide bonds. The Kier molecular flexibility index (Phi) is 3.54. The van der Waals surface area contributed by atoms with Crippen LogP contribution in [0.1, 0.15) is 21.7 Å². The molecule has 3 heterocycles. The Labute approximate surface area is 150 Å². The van der Waals surface area contributed by atoms with Gasteiger partial charge in [0.05, 0.1) is 5.56 Å². The molecule has 0 fully saturated rings. The third-order valence-electron chi connectivity index (χ3n) is 4.54. The standard InChI is InChI=1S/C20H18N4O2/c1-12-5-6-13(2)23(12)20-17(18(21)26)16-4-3-11-22-19(16)24(20)14-7-9-15(25)10-8-14/h3-11,25H,1-2H3,(H2,21,26). The molecule has 0 saturated heterocycles. The van der Waals surface area contributed by atoms with Crippen LogP contribution in [0.15, 0.2) is 54.7 Å². The maximum atomic E-state index is 12.4. The van der Waals surface area contributed by atoms with Crippen LogP contribution in [0.4, 0.5) is 0 Å². The molecule has 3 aromatic heterocycles. The topological polar surface area (TPSA) is 86.1 Å². The lowest BCUT2D eigenvalue weighted by Crippen LogP contribution is -2.16. The molecule has 1 aromatic carbocycles. The highest BCUT2D eigenvalue weighted by Gasteiger charge is 2.25. The number of amides is 1. The molecule has 26 heavy (non-hydrogen) atoms. The van der Waals surface area contributed by atoms with Gasteiger partial charge in [0, 0.05) is 28.7 Å². The Bertz CT molecular complexity index is 1120. The zero-order valence-electron chi connectivity index (χ0n) is 14.5. The van der Waals surface area contributed by atoms with E-state index >= 15 is 0 Å². The number of carbonyl (C=O) groups is 1. The number of hydrogen-bond donors (Lipinski definition) is 2. The number of fused-ring (bicyclic) bond motifs is 1. The normalized spacial score (nSPS) is 11.2. The highest BCUT2D eigenvalue weighted by atomic mass is 16.3. The molecule has 0 saturated carbocycles. The van der Waals surface area contributed by atoms with Crippen molar-refractivity contribution in [2.24, 2.45) is 5.73 Å². The van der Waals surface area contributed by atoms with Crippen molar-refractivity contribution in [3.05, 3.63) is 71.7 Å². The zero-order chi connectivity index (χ0) is 18.4. The summed E-state index contributed by atoms with van der Waals surface area (Å²) in [6.07, 6.45) is 1.68. The average Bonchev–Trinajstić information content (AvgIpc) is 3.12. The Morgan fingerprint density at radius 3 is 2.27 bits per heavy atom. The molecule has 0 bridgehead atoms. The summed E-state index contributed by atoms with van der Waals surface area (Å²) < 4.78 is 3.89. The first-order chi connectivity index (χ1) is 12.5. The van der Waals surface area contributed by atoms with Gasteiger partial charge in [0.15, 0.2) is 0 Å². The van der Waals surface area contributed by atoms with Gasteiger partial charge in [0.1, 0.15) is 17.2 Å². The molecule has 6 nitrogen and oxygen atoms in total. The first-order valence-electron chi connectivity index (χ1n) is 8.23. The smallest absolute Gasteiger partial charge is 0.253 e. The second kappa shape index (κ2) is 5.77. The van der Waals surface area contributed by atoms with Gasteiger partial charge in [-0.2, -0.15) is 0 Å². The van der Waals surface area contributed by atoms with Gasteiger partial charge in [-0.15, -0.1) is 0 Å². The first kappa shape index (κ1) is 16.0. The SMILES string of the molecule is Cc1ccc(C)n1-c1c(C(N)=O)c2cccnc2n1-c1ccc(O)cc1.